The van der Waals surface area contributed by atoms with Crippen molar-refractivity contribution in [1.82, 2.24) is 4.90 Å². The van der Waals surface area contributed by atoms with Gasteiger partial charge in [-0.2, -0.15) is 0 Å². The molecule has 1 amide bonds. The van der Waals surface area contributed by atoms with Gasteiger partial charge in [-0.3, -0.25) is 4.79 Å². The van der Waals surface area contributed by atoms with E-state index in [1.807, 2.05) is 36.1 Å². The number of rotatable bonds is 3. The van der Waals surface area contributed by atoms with Gasteiger partial charge in [0.2, 0.25) is 0 Å². The Morgan fingerprint density at radius 2 is 2.11 bits per heavy atom. The van der Waals surface area contributed by atoms with Gasteiger partial charge < -0.3 is 9.64 Å². The summed E-state index contributed by atoms with van der Waals surface area (Å²) >= 11 is 3.42. The van der Waals surface area contributed by atoms with E-state index in [-0.39, 0.29) is 18.1 Å². The minimum absolute atomic E-state index is 0.0927. The summed E-state index contributed by atoms with van der Waals surface area (Å²) in [6.45, 7) is 5.40. The summed E-state index contributed by atoms with van der Waals surface area (Å²) in [6.07, 6.45) is 1.09. The average molecular weight is 326 g/mol. The Bertz CT molecular complexity index is 432. The van der Waals surface area contributed by atoms with Crippen LogP contribution >= 0.6 is 15.9 Å². The van der Waals surface area contributed by atoms with Crippen LogP contribution in [-0.4, -0.2) is 41.4 Å². The Labute approximate surface area is 123 Å². The highest BCUT2D eigenvalue weighted by Crippen LogP contribution is 2.17. The van der Waals surface area contributed by atoms with Crippen molar-refractivity contribution in [3.05, 3.63) is 35.4 Å². The molecular weight excluding hydrogens is 306 g/mol. The molecule has 1 saturated heterocycles. The van der Waals surface area contributed by atoms with Crippen molar-refractivity contribution in [2.24, 2.45) is 0 Å². The zero-order valence-electron chi connectivity index (χ0n) is 11.4. The first-order valence-electron chi connectivity index (χ1n) is 6.73. The van der Waals surface area contributed by atoms with Crippen molar-refractivity contribution < 1.29 is 9.53 Å². The normalized spacial score (nSPS) is 23.4. The predicted molar refractivity (Wildman–Crippen MR) is 79.9 cm³/mol. The molecule has 1 aromatic rings. The molecule has 3 nitrogen and oxygen atoms in total. The van der Waals surface area contributed by atoms with Gasteiger partial charge >= 0.3 is 0 Å². The predicted octanol–water partition coefficient (Wildman–Crippen LogP) is 2.87. The molecule has 0 saturated carbocycles. The highest BCUT2D eigenvalue weighted by atomic mass is 79.9. The molecule has 1 aliphatic heterocycles. The van der Waals surface area contributed by atoms with Gasteiger partial charge in [0.25, 0.3) is 5.91 Å². The topological polar surface area (TPSA) is 29.5 Å². The largest absolute Gasteiger partial charge is 0.373 e. The van der Waals surface area contributed by atoms with Crippen LogP contribution in [0.4, 0.5) is 0 Å². The highest BCUT2D eigenvalue weighted by molar-refractivity contribution is 9.09. The van der Waals surface area contributed by atoms with E-state index in [0.29, 0.717) is 13.2 Å². The smallest absolute Gasteiger partial charge is 0.254 e. The van der Waals surface area contributed by atoms with Crippen LogP contribution in [-0.2, 0) is 11.2 Å². The van der Waals surface area contributed by atoms with E-state index in [4.69, 9.17) is 4.74 Å². The highest BCUT2D eigenvalue weighted by Gasteiger charge is 2.29. The van der Waals surface area contributed by atoms with Crippen molar-refractivity contribution in [3.63, 3.8) is 0 Å². The zero-order valence-corrected chi connectivity index (χ0v) is 13.0. The average Bonchev–Trinajstić information content (AvgIpc) is 2.47. The molecule has 0 spiro atoms. The third-order valence-electron chi connectivity index (χ3n) is 3.55. The van der Waals surface area contributed by atoms with Crippen LogP contribution in [0.3, 0.4) is 0 Å². The standard InChI is InChI=1S/C15H20BrNO2/c1-3-12-4-6-13(7-5-12)15(18)17-9-14(8-16)19-10-11(17)2/h4-7,11,14H,3,8-10H2,1-2H3. The van der Waals surface area contributed by atoms with Crippen LogP contribution in [0.15, 0.2) is 24.3 Å². The minimum atomic E-state index is 0.0927. The van der Waals surface area contributed by atoms with E-state index in [9.17, 15) is 4.79 Å². The Balaban J connectivity index is 2.12. The molecular formula is C15H20BrNO2. The molecule has 2 atom stereocenters. The van der Waals surface area contributed by atoms with Crippen molar-refractivity contribution in [3.8, 4) is 0 Å². The van der Waals surface area contributed by atoms with Gasteiger partial charge in [0.1, 0.15) is 0 Å². The minimum Gasteiger partial charge on any atom is -0.373 e. The molecule has 0 bridgehead atoms. The maximum Gasteiger partial charge on any atom is 0.254 e. The number of ether oxygens (including phenoxy) is 1. The number of benzene rings is 1. The molecule has 2 unspecified atom stereocenters. The zero-order chi connectivity index (χ0) is 13.8. The van der Waals surface area contributed by atoms with Crippen molar-refractivity contribution in [1.29, 1.82) is 0 Å². The Hall–Kier alpha value is -0.870. The fourth-order valence-electron chi connectivity index (χ4n) is 2.24. The van der Waals surface area contributed by atoms with Gasteiger partial charge in [-0.25, -0.2) is 0 Å². The lowest BCUT2D eigenvalue weighted by molar-refractivity contribution is -0.0361. The third kappa shape index (κ3) is 3.37. The maximum atomic E-state index is 12.5. The van der Waals surface area contributed by atoms with E-state index in [2.05, 4.69) is 22.9 Å². The summed E-state index contributed by atoms with van der Waals surface area (Å²) in [7, 11) is 0. The second kappa shape index (κ2) is 6.53. The van der Waals surface area contributed by atoms with Crippen molar-refractivity contribution in [2.45, 2.75) is 32.4 Å². The summed E-state index contributed by atoms with van der Waals surface area (Å²) in [5, 5.41) is 0.762. The van der Waals surface area contributed by atoms with Crippen LogP contribution in [0.2, 0.25) is 0 Å². The Morgan fingerprint density at radius 3 is 2.68 bits per heavy atom. The first kappa shape index (κ1) is 14.5. The van der Waals surface area contributed by atoms with Crippen LogP contribution in [0.1, 0.15) is 29.8 Å². The molecule has 4 heteroatoms. The number of carbonyl (C=O) groups is 1. The van der Waals surface area contributed by atoms with E-state index < -0.39 is 0 Å². The second-order valence-electron chi connectivity index (χ2n) is 4.97. The maximum absolute atomic E-state index is 12.5. The summed E-state index contributed by atoms with van der Waals surface area (Å²) in [5.41, 5.74) is 2.02. The Kier molecular flexibility index (Phi) is 4.99. The molecule has 19 heavy (non-hydrogen) atoms. The Morgan fingerprint density at radius 1 is 1.42 bits per heavy atom. The fourth-order valence-corrected chi connectivity index (χ4v) is 2.63. The number of amides is 1. The number of hydrogen-bond acceptors (Lipinski definition) is 2. The van der Waals surface area contributed by atoms with E-state index >= 15 is 0 Å². The lowest BCUT2D eigenvalue weighted by Crippen LogP contribution is -2.51. The van der Waals surface area contributed by atoms with E-state index in [1.165, 1.54) is 5.56 Å². The van der Waals surface area contributed by atoms with Gasteiger partial charge in [0.05, 0.1) is 18.8 Å². The van der Waals surface area contributed by atoms with Crippen LogP contribution in [0, 0.1) is 0 Å². The van der Waals surface area contributed by atoms with Crippen molar-refractivity contribution in [2.75, 3.05) is 18.5 Å². The van der Waals surface area contributed by atoms with Gasteiger partial charge in [-0.05, 0) is 31.0 Å². The number of morpholine rings is 1. The SMILES string of the molecule is CCc1ccc(C(=O)N2CC(CBr)OCC2C)cc1. The van der Waals surface area contributed by atoms with Crippen LogP contribution in [0.5, 0.6) is 0 Å². The number of carbonyl (C=O) groups excluding carboxylic acids is 1. The van der Waals surface area contributed by atoms with Crippen LogP contribution < -0.4 is 0 Å². The fraction of sp³-hybridized carbons (Fsp3) is 0.533. The molecule has 1 aromatic carbocycles. The lowest BCUT2D eigenvalue weighted by atomic mass is 10.1. The van der Waals surface area contributed by atoms with Gasteiger partial charge in [-0.15, -0.1) is 0 Å². The first-order chi connectivity index (χ1) is 9.15. The molecule has 1 fully saturated rings. The van der Waals surface area contributed by atoms with Gasteiger partial charge in [-0.1, -0.05) is 35.0 Å². The summed E-state index contributed by atoms with van der Waals surface area (Å²) < 4.78 is 5.65. The summed E-state index contributed by atoms with van der Waals surface area (Å²) in [4.78, 5) is 14.4. The molecule has 1 aliphatic rings. The van der Waals surface area contributed by atoms with E-state index in [0.717, 1.165) is 17.3 Å². The van der Waals surface area contributed by atoms with Crippen LogP contribution in [0.25, 0.3) is 0 Å². The number of alkyl halides is 1. The molecule has 0 aliphatic carbocycles. The molecule has 1 heterocycles. The summed E-state index contributed by atoms with van der Waals surface area (Å²) in [5.74, 6) is 0.101. The van der Waals surface area contributed by atoms with Crippen molar-refractivity contribution >= 4 is 21.8 Å². The lowest BCUT2D eigenvalue weighted by Gasteiger charge is -2.37. The molecule has 0 radical (unpaired) electrons. The second-order valence-corrected chi connectivity index (χ2v) is 5.61. The molecule has 2 rings (SSSR count). The molecule has 104 valence electrons. The quantitative estimate of drug-likeness (QED) is 0.800. The monoisotopic (exact) mass is 325 g/mol. The first-order valence-corrected chi connectivity index (χ1v) is 7.85. The number of aryl methyl sites for hydroxylation is 1. The summed E-state index contributed by atoms with van der Waals surface area (Å²) in [6, 6.07) is 8.04. The number of hydrogen-bond donors (Lipinski definition) is 0. The van der Waals surface area contributed by atoms with Gasteiger partial charge in [0.15, 0.2) is 0 Å². The third-order valence-corrected chi connectivity index (χ3v) is 4.27. The van der Waals surface area contributed by atoms with Gasteiger partial charge in [0, 0.05) is 17.4 Å². The van der Waals surface area contributed by atoms with E-state index in [1.54, 1.807) is 0 Å². The molecule has 0 N–H and O–H groups in total. The molecule has 0 aromatic heterocycles. The number of halogens is 1. The number of nitrogens with zero attached hydrogens (tertiary/aromatic N) is 1.